The average Bonchev–Trinajstić information content (AvgIpc) is 2.27. The minimum absolute atomic E-state index is 0.218. The maximum absolute atomic E-state index is 12.6. The van der Waals surface area contributed by atoms with E-state index in [9.17, 15) is 4.79 Å². The third-order valence-electron chi connectivity index (χ3n) is 4.40. The van der Waals surface area contributed by atoms with Gasteiger partial charge in [-0.25, -0.2) is 0 Å². The zero-order chi connectivity index (χ0) is 12.5. The molecule has 0 aromatic heterocycles. The van der Waals surface area contributed by atoms with Crippen molar-refractivity contribution in [3.8, 4) is 0 Å². The lowest BCUT2D eigenvalue weighted by Crippen LogP contribution is -2.58. The Bertz CT molecular complexity index is 292. The lowest BCUT2D eigenvalue weighted by atomic mass is 9.76. The van der Waals surface area contributed by atoms with Crippen LogP contribution in [-0.2, 0) is 4.79 Å². The van der Waals surface area contributed by atoms with E-state index in [-0.39, 0.29) is 5.91 Å². The highest BCUT2D eigenvalue weighted by Crippen LogP contribution is 2.32. The smallest absolute Gasteiger partial charge is 0.242 e. The number of likely N-dealkylation sites (tertiary alicyclic amines) is 1. The van der Waals surface area contributed by atoms with Crippen LogP contribution >= 0.6 is 0 Å². The van der Waals surface area contributed by atoms with Crippen LogP contribution in [0.1, 0.15) is 52.4 Å². The van der Waals surface area contributed by atoms with E-state index in [0.29, 0.717) is 11.8 Å². The van der Waals surface area contributed by atoms with Gasteiger partial charge < -0.3 is 10.6 Å². The molecule has 3 unspecified atom stereocenters. The fraction of sp³-hybridized carbons (Fsp3) is 0.929. The number of rotatable bonds is 1. The number of piperidine rings is 1. The van der Waals surface area contributed by atoms with Gasteiger partial charge in [-0.2, -0.15) is 0 Å². The van der Waals surface area contributed by atoms with Crippen LogP contribution in [0, 0.1) is 11.8 Å². The average molecular weight is 238 g/mol. The maximum atomic E-state index is 12.6. The molecular weight excluding hydrogens is 212 g/mol. The van der Waals surface area contributed by atoms with Crippen LogP contribution < -0.4 is 5.73 Å². The summed E-state index contributed by atoms with van der Waals surface area (Å²) >= 11 is 0. The molecule has 3 heteroatoms. The van der Waals surface area contributed by atoms with Gasteiger partial charge in [0.2, 0.25) is 5.91 Å². The van der Waals surface area contributed by atoms with Crippen molar-refractivity contribution in [1.29, 1.82) is 0 Å². The number of hydrogen-bond acceptors (Lipinski definition) is 2. The molecule has 1 amide bonds. The molecule has 1 heterocycles. The summed E-state index contributed by atoms with van der Waals surface area (Å²) in [5.74, 6) is 1.45. The Morgan fingerprint density at radius 1 is 1.24 bits per heavy atom. The first-order valence-electron chi connectivity index (χ1n) is 7.09. The molecule has 2 N–H and O–H groups in total. The molecule has 0 spiro atoms. The molecule has 1 aliphatic carbocycles. The van der Waals surface area contributed by atoms with Crippen molar-refractivity contribution in [3.05, 3.63) is 0 Å². The minimum Gasteiger partial charge on any atom is -0.341 e. The highest BCUT2D eigenvalue weighted by atomic mass is 16.2. The molecule has 0 radical (unpaired) electrons. The first-order valence-corrected chi connectivity index (χ1v) is 7.09. The molecule has 17 heavy (non-hydrogen) atoms. The zero-order valence-corrected chi connectivity index (χ0v) is 11.2. The molecular formula is C14H26N2O. The highest BCUT2D eigenvalue weighted by molar-refractivity contribution is 5.86. The van der Waals surface area contributed by atoms with Crippen molar-refractivity contribution in [2.45, 2.75) is 57.9 Å². The van der Waals surface area contributed by atoms with E-state index in [1.54, 1.807) is 0 Å². The van der Waals surface area contributed by atoms with Crippen LogP contribution in [0.3, 0.4) is 0 Å². The summed E-state index contributed by atoms with van der Waals surface area (Å²) in [4.78, 5) is 14.6. The van der Waals surface area contributed by atoms with Crippen molar-refractivity contribution in [1.82, 2.24) is 4.90 Å². The molecule has 1 aliphatic heterocycles. The van der Waals surface area contributed by atoms with Crippen LogP contribution in [0.25, 0.3) is 0 Å². The first-order chi connectivity index (χ1) is 8.01. The van der Waals surface area contributed by atoms with Crippen molar-refractivity contribution >= 4 is 5.91 Å². The molecule has 0 aromatic rings. The highest BCUT2D eigenvalue weighted by Gasteiger charge is 2.41. The Morgan fingerprint density at radius 2 is 1.94 bits per heavy atom. The van der Waals surface area contributed by atoms with E-state index in [1.165, 1.54) is 12.8 Å². The van der Waals surface area contributed by atoms with Crippen molar-refractivity contribution < 1.29 is 4.79 Å². The van der Waals surface area contributed by atoms with E-state index >= 15 is 0 Å². The standard InChI is InChI=1S/C14H26N2O/c1-11-5-3-7-14(15,9-11)13(17)16-8-4-6-12(2)10-16/h11-12H,3-10,15H2,1-2H3. The van der Waals surface area contributed by atoms with Crippen molar-refractivity contribution in [2.75, 3.05) is 13.1 Å². The molecule has 3 nitrogen and oxygen atoms in total. The van der Waals surface area contributed by atoms with Crippen LogP contribution in [0.4, 0.5) is 0 Å². The topological polar surface area (TPSA) is 46.3 Å². The number of hydrogen-bond donors (Lipinski definition) is 1. The van der Waals surface area contributed by atoms with E-state index in [2.05, 4.69) is 13.8 Å². The van der Waals surface area contributed by atoms with E-state index < -0.39 is 5.54 Å². The quantitative estimate of drug-likeness (QED) is 0.761. The summed E-state index contributed by atoms with van der Waals surface area (Å²) in [5, 5.41) is 0. The second-order valence-electron chi connectivity index (χ2n) is 6.36. The molecule has 1 saturated heterocycles. The summed E-state index contributed by atoms with van der Waals surface area (Å²) in [6.45, 7) is 6.27. The Kier molecular flexibility index (Phi) is 3.76. The van der Waals surface area contributed by atoms with Crippen LogP contribution in [-0.4, -0.2) is 29.4 Å². The lowest BCUT2D eigenvalue weighted by molar-refractivity contribution is -0.140. The maximum Gasteiger partial charge on any atom is 0.242 e. The lowest BCUT2D eigenvalue weighted by Gasteiger charge is -2.41. The second kappa shape index (κ2) is 4.97. The molecule has 2 rings (SSSR count). The summed E-state index contributed by atoms with van der Waals surface area (Å²) < 4.78 is 0. The number of carbonyl (C=O) groups excluding carboxylic acids is 1. The normalized spacial score (nSPS) is 39.1. The Balaban J connectivity index is 2.02. The largest absolute Gasteiger partial charge is 0.341 e. The number of nitrogens with two attached hydrogens (primary N) is 1. The van der Waals surface area contributed by atoms with Gasteiger partial charge >= 0.3 is 0 Å². The third kappa shape index (κ3) is 2.82. The van der Waals surface area contributed by atoms with Gasteiger partial charge in [0.05, 0.1) is 5.54 Å². The fourth-order valence-corrected chi connectivity index (χ4v) is 3.47. The minimum atomic E-state index is -0.561. The molecule has 98 valence electrons. The van der Waals surface area contributed by atoms with Gasteiger partial charge in [0.25, 0.3) is 0 Å². The van der Waals surface area contributed by atoms with Gasteiger partial charge in [0, 0.05) is 13.1 Å². The molecule has 3 atom stereocenters. The number of carbonyl (C=O) groups is 1. The zero-order valence-electron chi connectivity index (χ0n) is 11.2. The molecule has 0 bridgehead atoms. The first kappa shape index (κ1) is 12.9. The summed E-state index contributed by atoms with van der Waals surface area (Å²) in [7, 11) is 0. The summed E-state index contributed by atoms with van der Waals surface area (Å²) in [6, 6.07) is 0. The molecule has 1 saturated carbocycles. The van der Waals surface area contributed by atoms with Crippen molar-refractivity contribution in [2.24, 2.45) is 17.6 Å². The summed E-state index contributed by atoms with van der Waals surface area (Å²) in [5.41, 5.74) is 5.82. The Morgan fingerprint density at radius 3 is 2.59 bits per heavy atom. The molecule has 2 fully saturated rings. The van der Waals surface area contributed by atoms with Gasteiger partial charge in [-0.1, -0.05) is 26.7 Å². The third-order valence-corrected chi connectivity index (χ3v) is 4.40. The van der Waals surface area contributed by atoms with Crippen LogP contribution in [0.2, 0.25) is 0 Å². The van der Waals surface area contributed by atoms with Gasteiger partial charge in [-0.15, -0.1) is 0 Å². The monoisotopic (exact) mass is 238 g/mol. The summed E-state index contributed by atoms with van der Waals surface area (Å²) in [6.07, 6.45) is 6.46. The van der Waals surface area contributed by atoms with Gasteiger partial charge in [-0.05, 0) is 37.5 Å². The number of nitrogens with zero attached hydrogens (tertiary/aromatic N) is 1. The Labute approximate surface area is 105 Å². The number of amides is 1. The second-order valence-corrected chi connectivity index (χ2v) is 6.36. The van der Waals surface area contributed by atoms with Gasteiger partial charge in [0.15, 0.2) is 0 Å². The van der Waals surface area contributed by atoms with Crippen LogP contribution in [0.5, 0.6) is 0 Å². The van der Waals surface area contributed by atoms with Gasteiger partial charge in [-0.3, -0.25) is 4.79 Å². The van der Waals surface area contributed by atoms with E-state index in [0.717, 1.165) is 38.8 Å². The fourth-order valence-electron chi connectivity index (χ4n) is 3.47. The predicted molar refractivity (Wildman–Crippen MR) is 69.5 cm³/mol. The SMILES string of the molecule is CC1CCCN(C(=O)C2(N)CCCC(C)C2)C1. The van der Waals surface area contributed by atoms with E-state index in [1.807, 2.05) is 4.90 Å². The molecule has 2 aliphatic rings. The Hall–Kier alpha value is -0.570. The van der Waals surface area contributed by atoms with Gasteiger partial charge in [0.1, 0.15) is 0 Å². The van der Waals surface area contributed by atoms with Crippen molar-refractivity contribution in [3.63, 3.8) is 0 Å². The molecule has 0 aromatic carbocycles. The predicted octanol–water partition coefficient (Wildman–Crippen LogP) is 2.15. The van der Waals surface area contributed by atoms with Crippen LogP contribution in [0.15, 0.2) is 0 Å². The van der Waals surface area contributed by atoms with E-state index in [4.69, 9.17) is 5.73 Å².